The summed E-state index contributed by atoms with van der Waals surface area (Å²) < 4.78 is 0. The highest BCUT2D eigenvalue weighted by Gasteiger charge is 2.46. The van der Waals surface area contributed by atoms with E-state index in [0.717, 1.165) is 24.8 Å². The first-order valence-corrected chi connectivity index (χ1v) is 7.22. The molecule has 0 aromatic heterocycles. The maximum atomic E-state index is 10.7. The molecule has 3 rings (SSSR count). The van der Waals surface area contributed by atoms with Gasteiger partial charge in [-0.25, -0.2) is 0 Å². The predicted molar refractivity (Wildman–Crippen MR) is 79.6 cm³/mol. The van der Waals surface area contributed by atoms with E-state index in [1.54, 1.807) is 0 Å². The van der Waals surface area contributed by atoms with E-state index in [-0.39, 0.29) is 0 Å². The van der Waals surface area contributed by atoms with Gasteiger partial charge in [0.1, 0.15) is 18.4 Å². The van der Waals surface area contributed by atoms with Crippen LogP contribution in [0.25, 0.3) is 0 Å². The Morgan fingerprint density at radius 3 is 2.25 bits per heavy atom. The number of quaternary nitrogens is 1. The molecule has 0 radical (unpaired) electrons. The second-order valence-corrected chi connectivity index (χ2v) is 5.79. The minimum Gasteiger partial charge on any atom is -0.337 e. The molecule has 0 saturated heterocycles. The Labute approximate surface area is 119 Å². The molecule has 1 saturated carbocycles. The first-order valence-electron chi connectivity index (χ1n) is 7.22. The van der Waals surface area contributed by atoms with Gasteiger partial charge in [-0.05, 0) is 5.56 Å². The molecule has 102 valence electrons. The number of aldehydes is 1. The average molecular weight is 266 g/mol. The second-order valence-electron chi connectivity index (χ2n) is 5.79. The van der Waals surface area contributed by atoms with Crippen molar-refractivity contribution in [1.82, 2.24) is 0 Å². The van der Waals surface area contributed by atoms with Crippen LogP contribution in [0.15, 0.2) is 54.6 Å². The van der Waals surface area contributed by atoms with E-state index in [2.05, 4.69) is 47.8 Å². The molecule has 0 aliphatic heterocycles. The molecule has 2 N–H and O–H groups in total. The molecule has 0 amide bonds. The maximum absolute atomic E-state index is 10.7. The molecule has 0 spiro atoms. The van der Waals surface area contributed by atoms with Gasteiger partial charge in [0, 0.05) is 30.4 Å². The van der Waals surface area contributed by atoms with E-state index in [4.69, 9.17) is 0 Å². The molecule has 0 atom stereocenters. The van der Waals surface area contributed by atoms with E-state index >= 15 is 0 Å². The normalized spacial score (nSPS) is 15.8. The second kappa shape index (κ2) is 5.59. The van der Waals surface area contributed by atoms with Crippen molar-refractivity contribution in [3.63, 3.8) is 0 Å². The summed E-state index contributed by atoms with van der Waals surface area (Å²) in [5.74, 6) is 0. The van der Waals surface area contributed by atoms with Gasteiger partial charge in [-0.1, -0.05) is 54.6 Å². The molecule has 0 unspecified atom stereocenters. The fraction of sp³-hybridized carbons (Fsp3) is 0.278. The standard InChI is InChI=1S/C18H19NO/c20-14-17-8-6-15(7-9-17)12-18(10-11-18)19-13-16-4-2-1-3-5-16/h1-9,14,19H,10-13H2/p+1. The minimum atomic E-state index is 0.387. The largest absolute Gasteiger partial charge is 0.337 e. The van der Waals surface area contributed by atoms with Crippen LogP contribution in [0.2, 0.25) is 0 Å². The van der Waals surface area contributed by atoms with Crippen molar-refractivity contribution in [2.24, 2.45) is 0 Å². The molecule has 0 bridgehead atoms. The lowest BCUT2D eigenvalue weighted by molar-refractivity contribution is -0.718. The van der Waals surface area contributed by atoms with Crippen molar-refractivity contribution >= 4 is 6.29 Å². The van der Waals surface area contributed by atoms with Crippen molar-refractivity contribution in [3.8, 4) is 0 Å². The summed E-state index contributed by atoms with van der Waals surface area (Å²) in [5, 5.41) is 2.48. The fourth-order valence-corrected chi connectivity index (χ4v) is 2.68. The summed E-state index contributed by atoms with van der Waals surface area (Å²) in [5.41, 5.74) is 3.86. The highest BCUT2D eigenvalue weighted by Crippen LogP contribution is 2.34. The first-order chi connectivity index (χ1) is 9.80. The van der Waals surface area contributed by atoms with Crippen LogP contribution in [-0.4, -0.2) is 11.8 Å². The smallest absolute Gasteiger partial charge is 0.150 e. The molecule has 2 heteroatoms. The number of hydrogen-bond donors (Lipinski definition) is 1. The third-order valence-corrected chi connectivity index (χ3v) is 4.18. The summed E-state index contributed by atoms with van der Waals surface area (Å²) >= 11 is 0. The quantitative estimate of drug-likeness (QED) is 0.800. The van der Waals surface area contributed by atoms with E-state index in [0.29, 0.717) is 5.54 Å². The van der Waals surface area contributed by atoms with Crippen LogP contribution in [0.4, 0.5) is 0 Å². The zero-order valence-electron chi connectivity index (χ0n) is 11.6. The van der Waals surface area contributed by atoms with Gasteiger partial charge in [0.25, 0.3) is 0 Å². The monoisotopic (exact) mass is 266 g/mol. The van der Waals surface area contributed by atoms with Gasteiger partial charge in [-0.2, -0.15) is 0 Å². The molecule has 1 fully saturated rings. The Hall–Kier alpha value is -1.93. The third kappa shape index (κ3) is 3.14. The van der Waals surface area contributed by atoms with Gasteiger partial charge >= 0.3 is 0 Å². The SMILES string of the molecule is O=Cc1ccc(CC2([NH2+]Cc3ccccc3)CC2)cc1. The van der Waals surface area contributed by atoms with Crippen molar-refractivity contribution in [1.29, 1.82) is 0 Å². The van der Waals surface area contributed by atoms with Gasteiger partial charge < -0.3 is 5.32 Å². The lowest BCUT2D eigenvalue weighted by Crippen LogP contribution is -2.91. The fourth-order valence-electron chi connectivity index (χ4n) is 2.68. The number of carbonyl (C=O) groups excluding carboxylic acids is 1. The topological polar surface area (TPSA) is 33.7 Å². The number of hydrogen-bond acceptors (Lipinski definition) is 1. The van der Waals surface area contributed by atoms with Crippen LogP contribution in [0.3, 0.4) is 0 Å². The summed E-state index contributed by atoms with van der Waals surface area (Å²) in [6.07, 6.45) is 4.57. The van der Waals surface area contributed by atoms with Crippen LogP contribution in [0.5, 0.6) is 0 Å². The van der Waals surface area contributed by atoms with Crippen LogP contribution in [-0.2, 0) is 13.0 Å². The predicted octanol–water partition coefficient (Wildman–Crippen LogP) is 2.34. The van der Waals surface area contributed by atoms with Crippen LogP contribution >= 0.6 is 0 Å². The highest BCUT2D eigenvalue weighted by atomic mass is 16.1. The summed E-state index contributed by atoms with van der Waals surface area (Å²) in [4.78, 5) is 10.7. The Kier molecular flexibility index (Phi) is 3.66. The van der Waals surface area contributed by atoms with Gasteiger partial charge in [-0.3, -0.25) is 4.79 Å². The Balaban J connectivity index is 1.60. The Morgan fingerprint density at radius 1 is 0.950 bits per heavy atom. The van der Waals surface area contributed by atoms with Gasteiger partial charge in [0.05, 0.1) is 0 Å². The molecule has 0 heterocycles. The summed E-state index contributed by atoms with van der Waals surface area (Å²) in [6.45, 7) is 1.05. The highest BCUT2D eigenvalue weighted by molar-refractivity contribution is 5.74. The summed E-state index contributed by atoms with van der Waals surface area (Å²) in [6, 6.07) is 18.6. The van der Waals surface area contributed by atoms with Crippen molar-refractivity contribution in [2.75, 3.05) is 0 Å². The average Bonchev–Trinajstić information content (AvgIpc) is 3.27. The molecule has 1 aliphatic rings. The van der Waals surface area contributed by atoms with E-state index in [1.165, 1.54) is 24.0 Å². The molecule has 2 aromatic rings. The number of rotatable bonds is 6. The molecule has 2 aromatic carbocycles. The Morgan fingerprint density at radius 2 is 1.65 bits per heavy atom. The van der Waals surface area contributed by atoms with Crippen LogP contribution < -0.4 is 5.32 Å². The molecule has 2 nitrogen and oxygen atoms in total. The zero-order valence-corrected chi connectivity index (χ0v) is 11.6. The van der Waals surface area contributed by atoms with Crippen LogP contribution in [0.1, 0.15) is 34.3 Å². The maximum Gasteiger partial charge on any atom is 0.150 e. The number of benzene rings is 2. The van der Waals surface area contributed by atoms with Crippen molar-refractivity contribution in [2.45, 2.75) is 31.3 Å². The molecular formula is C18H20NO+. The van der Waals surface area contributed by atoms with Crippen molar-refractivity contribution in [3.05, 3.63) is 71.3 Å². The number of carbonyl (C=O) groups is 1. The van der Waals surface area contributed by atoms with Gasteiger partial charge in [0.2, 0.25) is 0 Å². The third-order valence-electron chi connectivity index (χ3n) is 4.18. The first kappa shape index (κ1) is 13.1. The van der Waals surface area contributed by atoms with Gasteiger partial charge in [-0.15, -0.1) is 0 Å². The van der Waals surface area contributed by atoms with Crippen LogP contribution in [0, 0.1) is 0 Å². The Bertz CT molecular complexity index is 570. The molecule has 20 heavy (non-hydrogen) atoms. The molecule has 1 aliphatic carbocycles. The summed E-state index contributed by atoms with van der Waals surface area (Å²) in [7, 11) is 0. The minimum absolute atomic E-state index is 0.387. The van der Waals surface area contributed by atoms with Crippen molar-refractivity contribution < 1.29 is 10.1 Å². The zero-order chi connectivity index (χ0) is 13.8. The molecular weight excluding hydrogens is 246 g/mol. The number of nitrogens with two attached hydrogens (primary N) is 1. The van der Waals surface area contributed by atoms with Gasteiger partial charge in [0.15, 0.2) is 0 Å². The lowest BCUT2D eigenvalue weighted by atomic mass is 10.0. The van der Waals surface area contributed by atoms with E-state index in [1.807, 2.05) is 12.1 Å². The lowest BCUT2D eigenvalue weighted by Gasteiger charge is -2.14. The van der Waals surface area contributed by atoms with E-state index in [9.17, 15) is 4.79 Å². The van der Waals surface area contributed by atoms with E-state index < -0.39 is 0 Å².